The second kappa shape index (κ2) is 6.57. The van der Waals surface area contributed by atoms with Crippen molar-refractivity contribution in [2.45, 2.75) is 0 Å². The highest BCUT2D eigenvalue weighted by Crippen LogP contribution is 2.12. The number of esters is 2. The van der Waals surface area contributed by atoms with E-state index in [9.17, 15) is 9.59 Å². The summed E-state index contributed by atoms with van der Waals surface area (Å²) in [5, 5.41) is 0. The molecule has 0 aliphatic heterocycles. The number of carbonyl (C=O) groups excluding carboxylic acids is 2. The van der Waals surface area contributed by atoms with Crippen molar-refractivity contribution >= 4 is 30.4 Å². The molecule has 0 amide bonds. The monoisotopic (exact) mass is 258 g/mol. The summed E-state index contributed by atoms with van der Waals surface area (Å²) in [6.45, 7) is 0. The number of hydrogen-bond acceptors (Lipinski definition) is 4. The van der Waals surface area contributed by atoms with E-state index in [1.807, 2.05) is 0 Å². The van der Waals surface area contributed by atoms with Crippen LogP contribution in [-0.2, 0) is 9.47 Å². The van der Waals surface area contributed by atoms with E-state index in [4.69, 9.17) is 9.47 Å². The third-order valence-corrected chi connectivity index (χ3v) is 2.13. The summed E-state index contributed by atoms with van der Waals surface area (Å²) in [7, 11) is 4.55. The van der Waals surface area contributed by atoms with Crippen molar-refractivity contribution in [3.8, 4) is 0 Å². The van der Waals surface area contributed by atoms with Gasteiger partial charge in [0.2, 0.25) is 0 Å². The standard InChI is InChI=1S/C10H12O4P2/c11-9(13-5-15)7-3-1-2-4-8(7)10(12)14-6-16/h1-4H,5-6,15-16H2. The molecule has 4 nitrogen and oxygen atoms in total. The van der Waals surface area contributed by atoms with Crippen LogP contribution in [0.3, 0.4) is 0 Å². The quantitative estimate of drug-likeness (QED) is 0.609. The Kier molecular flexibility index (Phi) is 5.37. The van der Waals surface area contributed by atoms with Gasteiger partial charge in [-0.25, -0.2) is 9.59 Å². The van der Waals surface area contributed by atoms with E-state index in [-0.39, 0.29) is 23.8 Å². The van der Waals surface area contributed by atoms with Gasteiger partial charge >= 0.3 is 11.9 Å². The number of benzene rings is 1. The maximum absolute atomic E-state index is 11.5. The molecule has 0 aliphatic rings. The second-order valence-electron chi connectivity index (χ2n) is 2.74. The van der Waals surface area contributed by atoms with Crippen molar-refractivity contribution in [1.29, 1.82) is 0 Å². The maximum atomic E-state index is 11.5. The average Bonchev–Trinajstić information content (AvgIpc) is 2.30. The molecule has 6 heteroatoms. The van der Waals surface area contributed by atoms with E-state index in [0.717, 1.165) is 0 Å². The number of rotatable bonds is 4. The second-order valence-corrected chi connectivity index (χ2v) is 3.41. The summed E-state index contributed by atoms with van der Waals surface area (Å²) in [6.07, 6.45) is 0.373. The smallest absolute Gasteiger partial charge is 0.339 e. The fourth-order valence-electron chi connectivity index (χ4n) is 1.15. The predicted molar refractivity (Wildman–Crippen MR) is 66.4 cm³/mol. The van der Waals surface area contributed by atoms with Gasteiger partial charge in [-0.2, -0.15) is 0 Å². The fraction of sp³-hybridized carbons (Fsp3) is 0.200. The zero-order valence-corrected chi connectivity index (χ0v) is 10.8. The van der Waals surface area contributed by atoms with Crippen molar-refractivity contribution < 1.29 is 19.1 Å². The first-order valence-electron chi connectivity index (χ1n) is 4.54. The van der Waals surface area contributed by atoms with Gasteiger partial charge in [0.25, 0.3) is 0 Å². The summed E-state index contributed by atoms with van der Waals surface area (Å²) >= 11 is 0. The molecule has 1 rings (SSSR count). The molecule has 2 unspecified atom stereocenters. The number of ether oxygens (including phenoxy) is 2. The van der Waals surface area contributed by atoms with Gasteiger partial charge in [-0.05, 0) is 12.1 Å². The molecule has 0 saturated carbocycles. The molecule has 16 heavy (non-hydrogen) atoms. The van der Waals surface area contributed by atoms with E-state index >= 15 is 0 Å². The summed E-state index contributed by atoms with van der Waals surface area (Å²) in [5.41, 5.74) is 0.432. The first-order chi connectivity index (χ1) is 7.70. The zero-order chi connectivity index (χ0) is 12.0. The Hall–Kier alpha value is -0.980. The van der Waals surface area contributed by atoms with Crippen molar-refractivity contribution in [3.05, 3.63) is 35.4 Å². The van der Waals surface area contributed by atoms with Crippen LogP contribution < -0.4 is 0 Å². The van der Waals surface area contributed by atoms with Crippen molar-refractivity contribution in [2.24, 2.45) is 0 Å². The van der Waals surface area contributed by atoms with Crippen LogP contribution in [0.5, 0.6) is 0 Å². The average molecular weight is 258 g/mol. The van der Waals surface area contributed by atoms with Crippen LogP contribution in [0.25, 0.3) is 0 Å². The number of carbonyl (C=O) groups is 2. The van der Waals surface area contributed by atoms with Gasteiger partial charge in [0, 0.05) is 0 Å². The molecule has 0 heterocycles. The van der Waals surface area contributed by atoms with E-state index in [1.165, 1.54) is 12.1 Å². The summed E-state index contributed by atoms with van der Waals surface area (Å²) in [4.78, 5) is 23.1. The summed E-state index contributed by atoms with van der Waals surface area (Å²) in [5.74, 6) is -1.07. The van der Waals surface area contributed by atoms with Gasteiger partial charge in [0.05, 0.1) is 11.1 Å². The molecule has 0 saturated heterocycles. The highest BCUT2D eigenvalue weighted by molar-refractivity contribution is 7.16. The van der Waals surface area contributed by atoms with Gasteiger partial charge in [-0.15, -0.1) is 0 Å². The van der Waals surface area contributed by atoms with E-state index in [0.29, 0.717) is 0 Å². The molecule has 0 radical (unpaired) electrons. The van der Waals surface area contributed by atoms with Crippen LogP contribution in [0.1, 0.15) is 20.7 Å². The van der Waals surface area contributed by atoms with Gasteiger partial charge in [-0.3, -0.25) is 0 Å². The van der Waals surface area contributed by atoms with Crippen LogP contribution in [-0.4, -0.2) is 24.6 Å². The largest absolute Gasteiger partial charge is 0.458 e. The molecule has 2 atom stereocenters. The minimum Gasteiger partial charge on any atom is -0.458 e. The first kappa shape index (κ1) is 13.1. The molecule has 0 fully saturated rings. The normalized spacial score (nSPS) is 9.62. The Labute approximate surface area is 98.1 Å². The molecule has 86 valence electrons. The topological polar surface area (TPSA) is 52.6 Å². The van der Waals surface area contributed by atoms with Crippen LogP contribution in [0.4, 0.5) is 0 Å². The van der Waals surface area contributed by atoms with Gasteiger partial charge in [0.1, 0.15) is 12.7 Å². The Morgan fingerprint density at radius 3 is 1.62 bits per heavy atom. The van der Waals surface area contributed by atoms with Crippen LogP contribution >= 0.6 is 18.5 Å². The third kappa shape index (κ3) is 3.26. The van der Waals surface area contributed by atoms with Gasteiger partial charge < -0.3 is 9.47 Å². The minimum atomic E-state index is -0.536. The molecule has 0 spiro atoms. The van der Waals surface area contributed by atoms with E-state index < -0.39 is 11.9 Å². The molecule has 0 aromatic heterocycles. The Morgan fingerprint density at radius 1 is 0.938 bits per heavy atom. The van der Waals surface area contributed by atoms with Crippen molar-refractivity contribution in [1.82, 2.24) is 0 Å². The predicted octanol–water partition coefficient (Wildman–Crippen LogP) is 1.67. The molecule has 0 N–H and O–H groups in total. The highest BCUT2D eigenvalue weighted by atomic mass is 31.0. The summed E-state index contributed by atoms with van der Waals surface area (Å²) in [6, 6.07) is 6.39. The third-order valence-electron chi connectivity index (χ3n) is 1.80. The number of hydrogen-bond donors (Lipinski definition) is 0. The molecule has 0 aliphatic carbocycles. The van der Waals surface area contributed by atoms with Gasteiger partial charge in [0.15, 0.2) is 0 Å². The van der Waals surface area contributed by atoms with E-state index in [2.05, 4.69) is 18.5 Å². The van der Waals surface area contributed by atoms with Crippen molar-refractivity contribution in [2.75, 3.05) is 12.7 Å². The van der Waals surface area contributed by atoms with Crippen molar-refractivity contribution in [3.63, 3.8) is 0 Å². The maximum Gasteiger partial charge on any atom is 0.339 e. The Morgan fingerprint density at radius 2 is 1.31 bits per heavy atom. The molecular weight excluding hydrogens is 246 g/mol. The lowest BCUT2D eigenvalue weighted by molar-refractivity contribution is 0.0532. The first-order valence-corrected chi connectivity index (χ1v) is 6.17. The summed E-state index contributed by atoms with van der Waals surface area (Å²) < 4.78 is 9.62. The lowest BCUT2D eigenvalue weighted by atomic mass is 10.1. The highest BCUT2D eigenvalue weighted by Gasteiger charge is 2.17. The molecule has 1 aromatic rings. The lowest BCUT2D eigenvalue weighted by Crippen LogP contribution is -2.13. The Bertz CT molecular complexity index is 355. The molecule has 0 bridgehead atoms. The molecular formula is C10H12O4P2. The van der Waals surface area contributed by atoms with Crippen LogP contribution in [0, 0.1) is 0 Å². The minimum absolute atomic E-state index is 0.186. The van der Waals surface area contributed by atoms with Crippen LogP contribution in [0.15, 0.2) is 24.3 Å². The Balaban J connectivity index is 3.00. The molecule has 1 aromatic carbocycles. The zero-order valence-electron chi connectivity index (χ0n) is 8.51. The van der Waals surface area contributed by atoms with Crippen LogP contribution in [0.2, 0.25) is 0 Å². The van der Waals surface area contributed by atoms with E-state index in [1.54, 1.807) is 12.1 Å². The fourth-order valence-corrected chi connectivity index (χ4v) is 1.45. The lowest BCUT2D eigenvalue weighted by Gasteiger charge is -2.07. The SMILES string of the molecule is O=C(OCP)c1ccccc1C(=O)OCP. The van der Waals surface area contributed by atoms with Gasteiger partial charge in [-0.1, -0.05) is 30.6 Å².